The van der Waals surface area contributed by atoms with Crippen molar-refractivity contribution in [2.45, 2.75) is 45.6 Å². The molecule has 2 heterocycles. The molecule has 0 aromatic carbocycles. The van der Waals surface area contributed by atoms with Gasteiger partial charge in [0.05, 0.1) is 12.3 Å². The molecule has 1 N–H and O–H groups in total. The molecule has 3 rings (SSSR count). The molecule has 4 heteroatoms. The summed E-state index contributed by atoms with van der Waals surface area (Å²) in [6.07, 6.45) is 6.59. The van der Waals surface area contributed by atoms with Crippen molar-refractivity contribution >= 4 is 5.91 Å². The third kappa shape index (κ3) is 3.72. The van der Waals surface area contributed by atoms with Gasteiger partial charge < -0.3 is 9.73 Å². The third-order valence-electron chi connectivity index (χ3n) is 5.34. The fourth-order valence-corrected chi connectivity index (χ4v) is 3.40. The molecule has 2 aliphatic rings. The van der Waals surface area contributed by atoms with Gasteiger partial charge >= 0.3 is 0 Å². The first-order valence-electron chi connectivity index (χ1n) is 8.70. The van der Waals surface area contributed by atoms with Crippen molar-refractivity contribution < 1.29 is 9.21 Å². The van der Waals surface area contributed by atoms with Gasteiger partial charge in [-0.25, -0.2) is 0 Å². The van der Waals surface area contributed by atoms with Crippen LogP contribution in [0.15, 0.2) is 22.8 Å². The number of hydrogen-bond donors (Lipinski definition) is 1. The molecule has 1 amide bonds. The van der Waals surface area contributed by atoms with Crippen LogP contribution in [0.4, 0.5) is 0 Å². The lowest BCUT2D eigenvalue weighted by Crippen LogP contribution is -2.43. The van der Waals surface area contributed by atoms with Gasteiger partial charge in [0.25, 0.3) is 0 Å². The summed E-state index contributed by atoms with van der Waals surface area (Å²) in [7, 11) is 0. The molecule has 1 aromatic heterocycles. The Balaban J connectivity index is 1.60. The number of rotatable bonds is 6. The average Bonchev–Trinajstić information content (AvgIpc) is 3.24. The SMILES string of the molecule is CC1CCN(C(CNC(=O)C(C)C2CC2)c2ccco2)CC1. The number of amides is 1. The van der Waals surface area contributed by atoms with E-state index in [1.54, 1.807) is 6.26 Å². The minimum absolute atomic E-state index is 0.152. The second-order valence-corrected chi connectivity index (χ2v) is 7.12. The van der Waals surface area contributed by atoms with E-state index in [1.165, 1.54) is 25.7 Å². The van der Waals surface area contributed by atoms with Gasteiger partial charge in [-0.1, -0.05) is 13.8 Å². The van der Waals surface area contributed by atoms with Gasteiger partial charge in [0.1, 0.15) is 5.76 Å². The van der Waals surface area contributed by atoms with E-state index in [9.17, 15) is 4.79 Å². The molecule has 2 unspecified atom stereocenters. The zero-order valence-corrected chi connectivity index (χ0v) is 13.8. The number of furan rings is 1. The van der Waals surface area contributed by atoms with Gasteiger partial charge in [0.15, 0.2) is 0 Å². The van der Waals surface area contributed by atoms with Crippen LogP contribution in [-0.2, 0) is 4.79 Å². The number of carbonyl (C=O) groups is 1. The normalized spacial score (nSPS) is 23.2. The van der Waals surface area contributed by atoms with Crippen molar-refractivity contribution in [2.24, 2.45) is 17.8 Å². The zero-order valence-electron chi connectivity index (χ0n) is 13.8. The lowest BCUT2D eigenvalue weighted by atomic mass is 9.97. The lowest BCUT2D eigenvalue weighted by molar-refractivity contribution is -0.125. The number of hydrogen-bond acceptors (Lipinski definition) is 3. The fraction of sp³-hybridized carbons (Fsp3) is 0.722. The van der Waals surface area contributed by atoms with Gasteiger partial charge in [0, 0.05) is 12.5 Å². The molecule has 1 aliphatic heterocycles. The molecule has 2 fully saturated rings. The fourth-order valence-electron chi connectivity index (χ4n) is 3.40. The minimum atomic E-state index is 0.152. The Bertz CT molecular complexity index is 473. The number of likely N-dealkylation sites (tertiary alicyclic amines) is 1. The zero-order chi connectivity index (χ0) is 15.5. The van der Waals surface area contributed by atoms with E-state index in [0.717, 1.165) is 24.8 Å². The van der Waals surface area contributed by atoms with Crippen LogP contribution in [0.1, 0.15) is 51.3 Å². The van der Waals surface area contributed by atoms with E-state index in [4.69, 9.17) is 4.42 Å². The first-order valence-corrected chi connectivity index (χ1v) is 8.70. The van der Waals surface area contributed by atoms with Crippen molar-refractivity contribution in [3.63, 3.8) is 0 Å². The molecule has 1 aromatic rings. The van der Waals surface area contributed by atoms with Crippen LogP contribution in [-0.4, -0.2) is 30.4 Å². The second-order valence-electron chi connectivity index (χ2n) is 7.12. The standard InChI is InChI=1S/C18H28N2O2/c1-13-7-9-20(10-8-13)16(17-4-3-11-22-17)12-19-18(21)14(2)15-5-6-15/h3-4,11,13-16H,5-10,12H2,1-2H3,(H,19,21). The third-order valence-corrected chi connectivity index (χ3v) is 5.34. The molecule has 1 aliphatic carbocycles. The molecule has 0 bridgehead atoms. The highest BCUT2D eigenvalue weighted by Crippen LogP contribution is 2.36. The monoisotopic (exact) mass is 304 g/mol. The smallest absolute Gasteiger partial charge is 0.223 e. The summed E-state index contributed by atoms with van der Waals surface area (Å²) in [5.74, 6) is 2.73. The molecule has 0 spiro atoms. The molecular weight excluding hydrogens is 276 g/mol. The van der Waals surface area contributed by atoms with Crippen LogP contribution in [0.5, 0.6) is 0 Å². The number of nitrogens with zero attached hydrogens (tertiary/aromatic N) is 1. The van der Waals surface area contributed by atoms with Crippen LogP contribution in [0.3, 0.4) is 0 Å². The number of piperidine rings is 1. The Morgan fingerprint density at radius 3 is 2.68 bits per heavy atom. The maximum atomic E-state index is 12.3. The summed E-state index contributed by atoms with van der Waals surface area (Å²) in [4.78, 5) is 14.7. The van der Waals surface area contributed by atoms with Crippen molar-refractivity contribution in [2.75, 3.05) is 19.6 Å². The van der Waals surface area contributed by atoms with E-state index in [1.807, 2.05) is 12.1 Å². The quantitative estimate of drug-likeness (QED) is 0.877. The van der Waals surface area contributed by atoms with E-state index >= 15 is 0 Å². The summed E-state index contributed by atoms with van der Waals surface area (Å²) in [6, 6.07) is 4.13. The van der Waals surface area contributed by atoms with E-state index < -0.39 is 0 Å². The summed E-state index contributed by atoms with van der Waals surface area (Å²) in [6.45, 7) is 7.19. The Hall–Kier alpha value is -1.29. The van der Waals surface area contributed by atoms with Gasteiger partial charge in [-0.3, -0.25) is 9.69 Å². The molecule has 4 nitrogen and oxygen atoms in total. The Morgan fingerprint density at radius 1 is 1.36 bits per heavy atom. The molecule has 0 radical (unpaired) electrons. The Morgan fingerprint density at radius 2 is 2.09 bits per heavy atom. The molecule has 1 saturated heterocycles. The Labute approximate surface area is 133 Å². The lowest BCUT2D eigenvalue weighted by Gasteiger charge is -2.36. The maximum absolute atomic E-state index is 12.3. The highest BCUT2D eigenvalue weighted by molar-refractivity contribution is 5.78. The van der Waals surface area contributed by atoms with Crippen molar-refractivity contribution in [3.05, 3.63) is 24.2 Å². The van der Waals surface area contributed by atoms with Gasteiger partial charge in [0.2, 0.25) is 5.91 Å². The van der Waals surface area contributed by atoms with Gasteiger partial charge in [-0.05, 0) is 62.7 Å². The number of carbonyl (C=O) groups excluding carboxylic acids is 1. The van der Waals surface area contributed by atoms with Crippen LogP contribution in [0.25, 0.3) is 0 Å². The summed E-state index contributed by atoms with van der Waals surface area (Å²) in [5, 5.41) is 3.16. The first-order chi connectivity index (χ1) is 10.6. The van der Waals surface area contributed by atoms with E-state index in [-0.39, 0.29) is 17.9 Å². The minimum Gasteiger partial charge on any atom is -0.468 e. The maximum Gasteiger partial charge on any atom is 0.223 e. The van der Waals surface area contributed by atoms with Crippen LogP contribution < -0.4 is 5.32 Å². The highest BCUT2D eigenvalue weighted by atomic mass is 16.3. The van der Waals surface area contributed by atoms with Crippen LogP contribution in [0.2, 0.25) is 0 Å². The highest BCUT2D eigenvalue weighted by Gasteiger charge is 2.33. The first kappa shape index (κ1) is 15.6. The predicted octanol–water partition coefficient (Wildman–Crippen LogP) is 3.21. The number of nitrogens with one attached hydrogen (secondary N) is 1. The Kier molecular flexibility index (Phi) is 4.87. The molecule has 22 heavy (non-hydrogen) atoms. The average molecular weight is 304 g/mol. The molecular formula is C18H28N2O2. The van der Waals surface area contributed by atoms with Crippen molar-refractivity contribution in [3.8, 4) is 0 Å². The van der Waals surface area contributed by atoms with E-state index in [0.29, 0.717) is 12.5 Å². The van der Waals surface area contributed by atoms with Gasteiger partial charge in [-0.15, -0.1) is 0 Å². The van der Waals surface area contributed by atoms with Crippen LogP contribution in [0, 0.1) is 17.8 Å². The van der Waals surface area contributed by atoms with Crippen molar-refractivity contribution in [1.82, 2.24) is 10.2 Å². The van der Waals surface area contributed by atoms with E-state index in [2.05, 4.69) is 24.1 Å². The topological polar surface area (TPSA) is 45.5 Å². The summed E-state index contributed by atoms with van der Waals surface area (Å²) in [5.41, 5.74) is 0. The predicted molar refractivity (Wildman–Crippen MR) is 86.3 cm³/mol. The van der Waals surface area contributed by atoms with Gasteiger partial charge in [-0.2, -0.15) is 0 Å². The van der Waals surface area contributed by atoms with Crippen molar-refractivity contribution in [1.29, 1.82) is 0 Å². The van der Waals surface area contributed by atoms with Crippen LogP contribution >= 0.6 is 0 Å². The molecule has 1 saturated carbocycles. The molecule has 2 atom stereocenters. The summed E-state index contributed by atoms with van der Waals surface area (Å²) >= 11 is 0. The largest absolute Gasteiger partial charge is 0.468 e. The second kappa shape index (κ2) is 6.86. The summed E-state index contributed by atoms with van der Waals surface area (Å²) < 4.78 is 5.64. The molecule has 122 valence electrons.